The van der Waals surface area contributed by atoms with Crippen molar-refractivity contribution in [1.29, 1.82) is 0 Å². The molecule has 1 aromatic heterocycles. The van der Waals surface area contributed by atoms with Crippen molar-refractivity contribution in [3.05, 3.63) is 65.0 Å². The van der Waals surface area contributed by atoms with Crippen molar-refractivity contribution in [3.8, 4) is 11.3 Å². The SMILES string of the molecule is O=C(Cn1nc(-c2cccc3ccccc23)ccc1=O)N[C@@H]1CCS(=O)(=O)C1. The molecule has 0 spiro atoms. The highest BCUT2D eigenvalue weighted by Crippen LogP contribution is 2.26. The summed E-state index contributed by atoms with van der Waals surface area (Å²) in [6, 6.07) is 16.3. The Morgan fingerprint density at radius 2 is 1.89 bits per heavy atom. The molecule has 28 heavy (non-hydrogen) atoms. The molecule has 2 heterocycles. The predicted molar refractivity (Wildman–Crippen MR) is 107 cm³/mol. The molecule has 2 aromatic carbocycles. The third-order valence-electron chi connectivity index (χ3n) is 4.82. The zero-order chi connectivity index (χ0) is 19.7. The molecular weight excluding hydrogens is 378 g/mol. The van der Waals surface area contributed by atoms with Crippen LogP contribution in [0.1, 0.15) is 6.42 Å². The number of rotatable bonds is 4. The van der Waals surface area contributed by atoms with Gasteiger partial charge >= 0.3 is 0 Å². The quantitative estimate of drug-likeness (QED) is 0.717. The molecule has 1 fully saturated rings. The Bertz CT molecular complexity index is 1210. The molecule has 0 saturated carbocycles. The number of aromatic nitrogens is 2. The summed E-state index contributed by atoms with van der Waals surface area (Å²) < 4.78 is 24.2. The Hall–Kier alpha value is -3.00. The summed E-state index contributed by atoms with van der Waals surface area (Å²) in [4.78, 5) is 24.5. The molecule has 0 radical (unpaired) electrons. The van der Waals surface area contributed by atoms with Crippen molar-refractivity contribution in [3.63, 3.8) is 0 Å². The summed E-state index contributed by atoms with van der Waals surface area (Å²) in [5, 5.41) is 9.10. The molecule has 7 nitrogen and oxygen atoms in total. The minimum absolute atomic E-state index is 0.0584. The van der Waals surface area contributed by atoms with E-state index >= 15 is 0 Å². The van der Waals surface area contributed by atoms with Crippen molar-refractivity contribution in [1.82, 2.24) is 15.1 Å². The van der Waals surface area contributed by atoms with Crippen molar-refractivity contribution in [2.75, 3.05) is 11.5 Å². The lowest BCUT2D eigenvalue weighted by atomic mass is 10.0. The maximum absolute atomic E-state index is 12.3. The van der Waals surface area contributed by atoms with Gasteiger partial charge in [-0.3, -0.25) is 9.59 Å². The summed E-state index contributed by atoms with van der Waals surface area (Å²) in [5.74, 6) is -0.407. The second kappa shape index (κ2) is 7.20. The van der Waals surface area contributed by atoms with Crippen LogP contribution >= 0.6 is 0 Å². The van der Waals surface area contributed by atoms with Crippen LogP contribution in [-0.4, -0.2) is 41.7 Å². The zero-order valence-corrected chi connectivity index (χ0v) is 15.9. The highest BCUT2D eigenvalue weighted by molar-refractivity contribution is 7.91. The minimum Gasteiger partial charge on any atom is -0.351 e. The predicted octanol–water partition coefficient (Wildman–Crippen LogP) is 1.37. The van der Waals surface area contributed by atoms with Crippen LogP contribution in [0.25, 0.3) is 22.0 Å². The molecule has 1 aliphatic rings. The van der Waals surface area contributed by atoms with Crippen LogP contribution in [0.4, 0.5) is 0 Å². The van der Waals surface area contributed by atoms with Gasteiger partial charge in [0.05, 0.1) is 17.2 Å². The Kier molecular flexibility index (Phi) is 4.72. The van der Waals surface area contributed by atoms with Crippen LogP contribution in [0, 0.1) is 0 Å². The van der Waals surface area contributed by atoms with Gasteiger partial charge in [-0.2, -0.15) is 5.10 Å². The van der Waals surface area contributed by atoms with Gasteiger partial charge in [0.25, 0.3) is 5.56 Å². The highest BCUT2D eigenvalue weighted by atomic mass is 32.2. The van der Waals surface area contributed by atoms with Crippen LogP contribution in [0.3, 0.4) is 0 Å². The fourth-order valence-corrected chi connectivity index (χ4v) is 5.15. The maximum atomic E-state index is 12.3. The molecule has 1 N–H and O–H groups in total. The van der Waals surface area contributed by atoms with Crippen molar-refractivity contribution in [2.24, 2.45) is 0 Å². The molecule has 1 amide bonds. The van der Waals surface area contributed by atoms with Gasteiger partial charge in [0.15, 0.2) is 9.84 Å². The summed E-state index contributed by atoms with van der Waals surface area (Å²) in [5.41, 5.74) is 1.07. The number of nitrogens with zero attached hydrogens (tertiary/aromatic N) is 2. The van der Waals surface area contributed by atoms with E-state index in [9.17, 15) is 18.0 Å². The fraction of sp³-hybridized carbons (Fsp3) is 0.250. The van der Waals surface area contributed by atoms with Crippen LogP contribution in [-0.2, 0) is 21.2 Å². The summed E-state index contributed by atoms with van der Waals surface area (Å²) in [6.45, 7) is -0.256. The van der Waals surface area contributed by atoms with Crippen LogP contribution in [0.15, 0.2) is 59.4 Å². The van der Waals surface area contributed by atoms with Crippen molar-refractivity contribution in [2.45, 2.75) is 19.0 Å². The number of amides is 1. The summed E-state index contributed by atoms with van der Waals surface area (Å²) >= 11 is 0. The number of carbonyl (C=O) groups excluding carboxylic acids is 1. The molecular formula is C20H19N3O4S. The topological polar surface area (TPSA) is 98.1 Å². The molecule has 0 bridgehead atoms. The van der Waals surface area contributed by atoms with Crippen molar-refractivity contribution >= 4 is 26.5 Å². The van der Waals surface area contributed by atoms with E-state index in [0.717, 1.165) is 21.0 Å². The molecule has 1 saturated heterocycles. The Balaban J connectivity index is 1.59. The molecule has 1 atom stereocenters. The van der Waals surface area contributed by atoms with Gasteiger partial charge in [-0.05, 0) is 23.3 Å². The first kappa shape index (κ1) is 18.4. The second-order valence-electron chi connectivity index (χ2n) is 6.91. The van der Waals surface area contributed by atoms with Gasteiger partial charge in [-0.25, -0.2) is 13.1 Å². The van der Waals surface area contributed by atoms with E-state index in [2.05, 4.69) is 10.4 Å². The van der Waals surface area contributed by atoms with Gasteiger partial charge in [0.2, 0.25) is 5.91 Å². The Morgan fingerprint density at radius 1 is 1.11 bits per heavy atom. The number of hydrogen-bond acceptors (Lipinski definition) is 5. The maximum Gasteiger partial charge on any atom is 0.267 e. The number of benzene rings is 2. The molecule has 0 unspecified atom stereocenters. The molecule has 1 aliphatic heterocycles. The first-order valence-corrected chi connectivity index (χ1v) is 10.8. The zero-order valence-electron chi connectivity index (χ0n) is 15.0. The third kappa shape index (κ3) is 3.82. The van der Waals surface area contributed by atoms with E-state index in [4.69, 9.17) is 0 Å². The Labute approximate surface area is 161 Å². The standard InChI is InChI=1S/C20H19N3O4S/c24-19(21-15-10-11-28(26,27)13-15)12-23-20(25)9-8-18(22-23)17-7-3-5-14-4-1-2-6-16(14)17/h1-9,15H,10-13H2,(H,21,24)/t15-/m1/s1. The van der Waals surface area contributed by atoms with Gasteiger partial charge < -0.3 is 5.32 Å². The van der Waals surface area contributed by atoms with Crippen LogP contribution in [0.5, 0.6) is 0 Å². The molecule has 144 valence electrons. The van der Waals surface area contributed by atoms with Gasteiger partial charge in [-0.1, -0.05) is 42.5 Å². The van der Waals surface area contributed by atoms with E-state index in [0.29, 0.717) is 12.1 Å². The fourth-order valence-electron chi connectivity index (χ4n) is 3.47. The lowest BCUT2D eigenvalue weighted by Gasteiger charge is -2.12. The van der Waals surface area contributed by atoms with Crippen LogP contribution in [0.2, 0.25) is 0 Å². The highest BCUT2D eigenvalue weighted by Gasteiger charge is 2.29. The average Bonchev–Trinajstić information content (AvgIpc) is 3.01. The van der Waals surface area contributed by atoms with E-state index in [1.165, 1.54) is 6.07 Å². The van der Waals surface area contributed by atoms with E-state index in [1.54, 1.807) is 6.07 Å². The second-order valence-corrected chi connectivity index (χ2v) is 9.14. The smallest absolute Gasteiger partial charge is 0.267 e. The normalized spacial score (nSPS) is 18.2. The summed E-state index contributed by atoms with van der Waals surface area (Å²) in [6.07, 6.45) is 0.395. The largest absolute Gasteiger partial charge is 0.351 e. The molecule has 0 aliphatic carbocycles. The number of hydrogen-bond donors (Lipinski definition) is 1. The number of carbonyl (C=O) groups is 1. The lowest BCUT2D eigenvalue weighted by molar-refractivity contribution is -0.122. The minimum atomic E-state index is -3.08. The number of nitrogens with one attached hydrogen (secondary N) is 1. The van der Waals surface area contributed by atoms with Gasteiger partial charge in [-0.15, -0.1) is 0 Å². The monoisotopic (exact) mass is 397 g/mol. The Morgan fingerprint density at radius 3 is 2.68 bits per heavy atom. The lowest BCUT2D eigenvalue weighted by Crippen LogP contribution is -2.40. The third-order valence-corrected chi connectivity index (χ3v) is 6.59. The number of fused-ring (bicyclic) bond motifs is 1. The van der Waals surface area contributed by atoms with Gasteiger partial charge in [0.1, 0.15) is 6.54 Å². The van der Waals surface area contributed by atoms with Crippen molar-refractivity contribution < 1.29 is 13.2 Å². The number of sulfone groups is 1. The van der Waals surface area contributed by atoms with E-state index in [1.807, 2.05) is 42.5 Å². The van der Waals surface area contributed by atoms with E-state index < -0.39 is 27.3 Å². The first-order chi connectivity index (χ1) is 13.4. The molecule has 8 heteroatoms. The summed E-state index contributed by atoms with van der Waals surface area (Å²) in [7, 11) is -3.08. The van der Waals surface area contributed by atoms with Gasteiger partial charge in [0, 0.05) is 17.7 Å². The molecule has 3 aromatic rings. The first-order valence-electron chi connectivity index (χ1n) is 8.97. The van der Waals surface area contributed by atoms with Crippen LogP contribution < -0.4 is 10.9 Å². The average molecular weight is 397 g/mol. The van der Waals surface area contributed by atoms with E-state index in [-0.39, 0.29) is 18.1 Å². The molecule has 4 rings (SSSR count).